The number of rotatable bonds is 5. The summed E-state index contributed by atoms with van der Waals surface area (Å²) in [7, 11) is 0. The monoisotopic (exact) mass is 263 g/mol. The first-order valence-corrected chi connectivity index (χ1v) is 6.48. The molecule has 2 aromatic heterocycles. The van der Waals surface area contributed by atoms with Crippen LogP contribution in [0, 0.1) is 5.82 Å². The van der Waals surface area contributed by atoms with Crippen LogP contribution in [0.3, 0.4) is 0 Å². The van der Waals surface area contributed by atoms with Crippen molar-refractivity contribution in [1.82, 2.24) is 14.8 Å². The van der Waals surface area contributed by atoms with Crippen LogP contribution in [0.2, 0.25) is 0 Å². The number of hydrogen-bond acceptors (Lipinski definition) is 3. The van der Waals surface area contributed by atoms with E-state index in [0.29, 0.717) is 12.0 Å². The van der Waals surface area contributed by atoms with E-state index in [4.69, 9.17) is 0 Å². The Labute approximate surface area is 111 Å². The molecular formula is C14H18FN3O. The van der Waals surface area contributed by atoms with Crippen molar-refractivity contribution in [2.45, 2.75) is 39.3 Å². The number of aliphatic hydroxyl groups excluding tert-OH is 1. The Balaban J connectivity index is 2.18. The van der Waals surface area contributed by atoms with E-state index in [-0.39, 0.29) is 0 Å². The Morgan fingerprint density at radius 1 is 1.32 bits per heavy atom. The van der Waals surface area contributed by atoms with Gasteiger partial charge >= 0.3 is 0 Å². The number of pyridine rings is 1. The minimum Gasteiger partial charge on any atom is -0.388 e. The summed E-state index contributed by atoms with van der Waals surface area (Å²) < 4.78 is 14.9. The quantitative estimate of drug-likeness (QED) is 0.900. The zero-order valence-corrected chi connectivity index (χ0v) is 11.2. The highest BCUT2D eigenvalue weighted by molar-refractivity contribution is 5.18. The van der Waals surface area contributed by atoms with Gasteiger partial charge in [-0.1, -0.05) is 6.92 Å². The molecule has 2 aromatic rings. The number of halogens is 1. The minimum absolute atomic E-state index is 0.409. The minimum atomic E-state index is -0.769. The van der Waals surface area contributed by atoms with E-state index in [9.17, 15) is 9.50 Å². The van der Waals surface area contributed by atoms with E-state index >= 15 is 0 Å². The second-order valence-corrected chi connectivity index (χ2v) is 4.45. The van der Waals surface area contributed by atoms with Gasteiger partial charge in [-0.2, -0.15) is 5.10 Å². The molecule has 4 nitrogen and oxygen atoms in total. The zero-order valence-electron chi connectivity index (χ0n) is 11.2. The standard InChI is InChI=1S/C14H18FN3O/c1-3-12-6-13(18(4-2)17-12)7-14(19)10-5-11(15)9-16-8-10/h5-6,8-9,14,19H,3-4,7H2,1-2H3. The molecule has 0 spiro atoms. The fraction of sp³-hybridized carbons (Fsp3) is 0.429. The van der Waals surface area contributed by atoms with Crippen LogP contribution in [0.25, 0.3) is 0 Å². The molecule has 0 aromatic carbocycles. The van der Waals surface area contributed by atoms with Gasteiger partial charge in [0.1, 0.15) is 5.82 Å². The lowest BCUT2D eigenvalue weighted by Gasteiger charge is -2.11. The molecule has 102 valence electrons. The summed E-state index contributed by atoms with van der Waals surface area (Å²) in [5.74, 6) is -0.435. The van der Waals surface area contributed by atoms with Gasteiger partial charge in [-0.15, -0.1) is 0 Å². The van der Waals surface area contributed by atoms with Gasteiger partial charge in [0.2, 0.25) is 0 Å². The average Bonchev–Trinajstić information content (AvgIpc) is 2.81. The van der Waals surface area contributed by atoms with Crippen LogP contribution in [-0.2, 0) is 19.4 Å². The van der Waals surface area contributed by atoms with Crippen LogP contribution in [-0.4, -0.2) is 19.9 Å². The second kappa shape index (κ2) is 5.93. The average molecular weight is 263 g/mol. The Morgan fingerprint density at radius 3 is 2.74 bits per heavy atom. The van der Waals surface area contributed by atoms with Crippen LogP contribution in [0.4, 0.5) is 4.39 Å². The largest absolute Gasteiger partial charge is 0.388 e. The lowest BCUT2D eigenvalue weighted by atomic mass is 10.1. The third-order valence-corrected chi connectivity index (χ3v) is 3.09. The molecule has 1 atom stereocenters. The molecule has 2 heterocycles. The first-order chi connectivity index (χ1) is 9.13. The predicted molar refractivity (Wildman–Crippen MR) is 70.1 cm³/mol. The lowest BCUT2D eigenvalue weighted by molar-refractivity contribution is 0.174. The predicted octanol–water partition coefficient (Wildman–Crippen LogP) is 2.28. The highest BCUT2D eigenvalue weighted by Crippen LogP contribution is 2.19. The van der Waals surface area contributed by atoms with Crippen LogP contribution in [0.15, 0.2) is 24.5 Å². The third-order valence-electron chi connectivity index (χ3n) is 3.09. The molecule has 0 saturated heterocycles. The van der Waals surface area contributed by atoms with E-state index in [0.717, 1.165) is 30.6 Å². The van der Waals surface area contributed by atoms with Gasteiger partial charge in [-0.25, -0.2) is 4.39 Å². The molecule has 1 N–H and O–H groups in total. The second-order valence-electron chi connectivity index (χ2n) is 4.45. The summed E-state index contributed by atoms with van der Waals surface area (Å²) in [5.41, 5.74) is 2.44. The van der Waals surface area contributed by atoms with Crippen molar-refractivity contribution in [2.75, 3.05) is 0 Å². The molecule has 0 bridgehead atoms. The Bertz CT molecular complexity index is 553. The van der Waals surface area contributed by atoms with Gasteiger partial charge in [0.15, 0.2) is 0 Å². The van der Waals surface area contributed by atoms with Crippen molar-refractivity contribution in [2.24, 2.45) is 0 Å². The summed E-state index contributed by atoms with van der Waals surface area (Å²) in [6.07, 6.45) is 3.11. The number of aromatic nitrogens is 3. The molecule has 0 aliphatic heterocycles. The molecule has 0 aliphatic rings. The van der Waals surface area contributed by atoms with E-state index in [1.165, 1.54) is 12.3 Å². The van der Waals surface area contributed by atoms with E-state index in [1.54, 1.807) is 0 Å². The van der Waals surface area contributed by atoms with Crippen molar-refractivity contribution < 1.29 is 9.50 Å². The molecule has 0 amide bonds. The van der Waals surface area contributed by atoms with Gasteiger partial charge in [0.05, 0.1) is 18.0 Å². The van der Waals surface area contributed by atoms with Crippen LogP contribution < -0.4 is 0 Å². The van der Waals surface area contributed by atoms with E-state index < -0.39 is 11.9 Å². The highest BCUT2D eigenvalue weighted by Gasteiger charge is 2.14. The lowest BCUT2D eigenvalue weighted by Crippen LogP contribution is -2.09. The van der Waals surface area contributed by atoms with E-state index in [2.05, 4.69) is 10.1 Å². The fourth-order valence-electron chi connectivity index (χ4n) is 2.05. The van der Waals surface area contributed by atoms with Gasteiger partial charge in [-0.05, 0) is 25.5 Å². The van der Waals surface area contributed by atoms with Gasteiger partial charge in [0, 0.05) is 30.4 Å². The maximum absolute atomic E-state index is 13.1. The van der Waals surface area contributed by atoms with Gasteiger partial charge in [0.25, 0.3) is 0 Å². The molecular weight excluding hydrogens is 245 g/mol. The molecule has 5 heteroatoms. The summed E-state index contributed by atoms with van der Waals surface area (Å²) >= 11 is 0. The van der Waals surface area contributed by atoms with Crippen molar-refractivity contribution in [3.63, 3.8) is 0 Å². The van der Waals surface area contributed by atoms with Crippen LogP contribution in [0.1, 0.15) is 36.9 Å². The van der Waals surface area contributed by atoms with Gasteiger partial charge < -0.3 is 5.11 Å². The summed E-state index contributed by atoms with van der Waals surface area (Å²) in [5, 5.41) is 14.6. The Kier molecular flexibility index (Phi) is 4.27. The smallest absolute Gasteiger partial charge is 0.141 e. The number of hydrogen-bond donors (Lipinski definition) is 1. The van der Waals surface area contributed by atoms with Crippen LogP contribution >= 0.6 is 0 Å². The first kappa shape index (κ1) is 13.7. The molecule has 1 unspecified atom stereocenters. The summed E-state index contributed by atoms with van der Waals surface area (Å²) in [6, 6.07) is 3.30. The maximum atomic E-state index is 13.1. The van der Waals surface area contributed by atoms with E-state index in [1.807, 2.05) is 24.6 Å². The van der Waals surface area contributed by atoms with Crippen LogP contribution in [0.5, 0.6) is 0 Å². The number of aliphatic hydroxyl groups is 1. The van der Waals surface area contributed by atoms with Crippen molar-refractivity contribution in [3.8, 4) is 0 Å². The molecule has 0 radical (unpaired) electrons. The molecule has 2 rings (SSSR count). The van der Waals surface area contributed by atoms with Crippen molar-refractivity contribution >= 4 is 0 Å². The third kappa shape index (κ3) is 3.17. The number of aryl methyl sites for hydroxylation is 2. The van der Waals surface area contributed by atoms with Crippen molar-refractivity contribution in [3.05, 3.63) is 47.3 Å². The van der Waals surface area contributed by atoms with Crippen molar-refractivity contribution in [1.29, 1.82) is 0 Å². The molecule has 0 aliphatic carbocycles. The highest BCUT2D eigenvalue weighted by atomic mass is 19.1. The molecule has 0 saturated carbocycles. The Hall–Kier alpha value is -1.75. The first-order valence-electron chi connectivity index (χ1n) is 6.48. The fourth-order valence-corrected chi connectivity index (χ4v) is 2.05. The topological polar surface area (TPSA) is 50.9 Å². The zero-order chi connectivity index (χ0) is 13.8. The normalized spacial score (nSPS) is 12.6. The molecule has 0 fully saturated rings. The molecule has 19 heavy (non-hydrogen) atoms. The SMILES string of the molecule is CCc1cc(CC(O)c2cncc(F)c2)n(CC)n1. The number of nitrogens with zero attached hydrogens (tertiary/aromatic N) is 3. The summed E-state index contributed by atoms with van der Waals surface area (Å²) in [4.78, 5) is 3.75. The van der Waals surface area contributed by atoms with Gasteiger partial charge in [-0.3, -0.25) is 9.67 Å². The summed E-state index contributed by atoms with van der Waals surface area (Å²) in [6.45, 7) is 4.80. The maximum Gasteiger partial charge on any atom is 0.141 e. The Morgan fingerprint density at radius 2 is 2.11 bits per heavy atom.